The summed E-state index contributed by atoms with van der Waals surface area (Å²) in [6.45, 7) is 6.21. The van der Waals surface area contributed by atoms with Crippen LogP contribution in [-0.4, -0.2) is 26.3 Å². The first-order valence-electron chi connectivity index (χ1n) is 19.6. The van der Waals surface area contributed by atoms with E-state index in [0.717, 1.165) is 26.0 Å². The molecule has 0 heterocycles. The average Bonchev–Trinajstić information content (AvgIpc) is 3.05. The molecule has 262 valence electrons. The minimum absolute atomic E-state index is 0.428. The summed E-state index contributed by atoms with van der Waals surface area (Å²) < 4.78 is 6.33. The van der Waals surface area contributed by atoms with E-state index in [1.54, 1.807) is 0 Å². The minimum atomic E-state index is 0.428. The first kappa shape index (κ1) is 43.3. The molecule has 0 amide bonds. The largest absolute Gasteiger partial charge is 0.393 e. The second-order valence-electron chi connectivity index (χ2n) is 12.8. The van der Waals surface area contributed by atoms with Crippen LogP contribution < -0.4 is 10.6 Å². The predicted octanol–water partition coefficient (Wildman–Crippen LogP) is 13.1. The molecular formula is C42H78N2O. The molecule has 0 aromatic heterocycles. The van der Waals surface area contributed by atoms with Gasteiger partial charge in [-0.2, -0.15) is 0 Å². The van der Waals surface area contributed by atoms with Crippen LogP contribution in [-0.2, 0) is 4.74 Å². The van der Waals surface area contributed by atoms with Crippen molar-refractivity contribution in [2.45, 2.75) is 187 Å². The average molecular weight is 627 g/mol. The number of ether oxygens (including phenoxy) is 1. The van der Waals surface area contributed by atoms with Crippen molar-refractivity contribution in [2.24, 2.45) is 0 Å². The summed E-state index contributed by atoms with van der Waals surface area (Å²) in [4.78, 5) is 0. The molecule has 0 saturated heterocycles. The monoisotopic (exact) mass is 627 g/mol. The lowest BCUT2D eigenvalue weighted by atomic mass is 10.0. The Kier molecular flexibility index (Phi) is 38.7. The fraction of sp³-hybridized carbons (Fsp3) is 0.762. The Morgan fingerprint density at radius 1 is 0.467 bits per heavy atom. The van der Waals surface area contributed by atoms with Crippen LogP contribution in [0.3, 0.4) is 0 Å². The van der Waals surface area contributed by atoms with Gasteiger partial charge in [-0.1, -0.05) is 152 Å². The lowest BCUT2D eigenvalue weighted by Gasteiger charge is -2.18. The summed E-state index contributed by atoms with van der Waals surface area (Å²) in [5, 5.41) is 6.32. The molecule has 0 aliphatic carbocycles. The van der Waals surface area contributed by atoms with Gasteiger partial charge in [-0.25, -0.2) is 0 Å². The van der Waals surface area contributed by atoms with Crippen molar-refractivity contribution >= 4 is 0 Å². The molecule has 0 aromatic rings. The zero-order valence-corrected chi connectivity index (χ0v) is 30.6. The van der Waals surface area contributed by atoms with E-state index in [-0.39, 0.29) is 0 Å². The number of unbranched alkanes of at least 4 members (excludes halogenated alkanes) is 18. The molecule has 45 heavy (non-hydrogen) atoms. The SMILES string of the molecule is CCCCC/C=C\C/C=C\CCCCCCCCC(CCCCCCCC/C=C\C/C=C\CCCCC)OCCN/C=C\NC. The molecule has 0 atom stereocenters. The molecule has 0 unspecified atom stereocenters. The van der Waals surface area contributed by atoms with Gasteiger partial charge in [0.2, 0.25) is 0 Å². The number of rotatable bonds is 36. The number of allylic oxidation sites excluding steroid dienone is 8. The maximum atomic E-state index is 6.33. The maximum Gasteiger partial charge on any atom is 0.0642 e. The van der Waals surface area contributed by atoms with Gasteiger partial charge >= 0.3 is 0 Å². The Morgan fingerprint density at radius 2 is 0.867 bits per heavy atom. The Hall–Kier alpha value is -1.74. The summed E-state index contributed by atoms with van der Waals surface area (Å²) in [5.41, 5.74) is 0. The van der Waals surface area contributed by atoms with Crippen LogP contribution in [0.1, 0.15) is 181 Å². The van der Waals surface area contributed by atoms with E-state index in [9.17, 15) is 0 Å². The molecule has 0 aliphatic heterocycles. The fourth-order valence-electron chi connectivity index (χ4n) is 5.54. The van der Waals surface area contributed by atoms with Gasteiger partial charge in [-0.3, -0.25) is 0 Å². The molecule has 0 rings (SSSR count). The highest BCUT2D eigenvalue weighted by Crippen LogP contribution is 2.17. The van der Waals surface area contributed by atoms with E-state index in [0.29, 0.717) is 6.10 Å². The highest BCUT2D eigenvalue weighted by atomic mass is 16.5. The minimum Gasteiger partial charge on any atom is -0.393 e. The third-order valence-electron chi connectivity index (χ3n) is 8.42. The van der Waals surface area contributed by atoms with Crippen LogP contribution in [0.2, 0.25) is 0 Å². The van der Waals surface area contributed by atoms with Crippen molar-refractivity contribution in [3.8, 4) is 0 Å². The molecular weight excluding hydrogens is 548 g/mol. The van der Waals surface area contributed by atoms with Gasteiger partial charge in [0.25, 0.3) is 0 Å². The summed E-state index contributed by atoms with van der Waals surface area (Å²) in [7, 11) is 1.92. The number of hydrogen-bond donors (Lipinski definition) is 2. The zero-order valence-electron chi connectivity index (χ0n) is 30.6. The van der Waals surface area contributed by atoms with Crippen LogP contribution in [0.25, 0.3) is 0 Å². The third kappa shape index (κ3) is 38.4. The van der Waals surface area contributed by atoms with Gasteiger partial charge in [0.05, 0.1) is 12.7 Å². The molecule has 0 aromatic carbocycles. The summed E-state index contributed by atoms with van der Waals surface area (Å²) in [6.07, 6.45) is 57.1. The van der Waals surface area contributed by atoms with Crippen LogP contribution >= 0.6 is 0 Å². The molecule has 3 heteroatoms. The molecule has 0 saturated carbocycles. The molecule has 3 nitrogen and oxygen atoms in total. The Morgan fingerprint density at radius 3 is 1.29 bits per heavy atom. The van der Waals surface area contributed by atoms with E-state index >= 15 is 0 Å². The van der Waals surface area contributed by atoms with Crippen molar-refractivity contribution in [3.05, 3.63) is 61.0 Å². The van der Waals surface area contributed by atoms with E-state index < -0.39 is 0 Å². The predicted molar refractivity (Wildman–Crippen MR) is 204 cm³/mol. The smallest absolute Gasteiger partial charge is 0.0642 e. The Balaban J connectivity index is 3.89. The topological polar surface area (TPSA) is 33.3 Å². The van der Waals surface area contributed by atoms with Crippen LogP contribution in [0.4, 0.5) is 0 Å². The molecule has 0 fully saturated rings. The van der Waals surface area contributed by atoms with Crippen molar-refractivity contribution in [3.63, 3.8) is 0 Å². The standard InChI is InChI=1S/C42H78N2O/c1-4-6-8-10-12-14-16-18-20-22-24-26-28-30-32-34-36-42(45-41-40-44-39-38-43-3)37-35-33-31-29-27-25-23-21-19-17-15-13-11-9-7-5-2/h12-15,18-21,38-39,42-44H,4-11,16-17,22-37,40-41H2,1-3H3/b14-12-,15-13-,20-18-,21-19-,39-38-. The highest BCUT2D eigenvalue weighted by molar-refractivity contribution is 4.93. The van der Waals surface area contributed by atoms with Crippen LogP contribution in [0, 0.1) is 0 Å². The van der Waals surface area contributed by atoms with E-state index in [4.69, 9.17) is 4.74 Å². The zero-order chi connectivity index (χ0) is 32.6. The maximum absolute atomic E-state index is 6.33. The highest BCUT2D eigenvalue weighted by Gasteiger charge is 2.09. The normalized spacial score (nSPS) is 12.4. The first-order chi connectivity index (χ1) is 22.3. The number of hydrogen-bond acceptors (Lipinski definition) is 3. The quantitative estimate of drug-likeness (QED) is 0.0536. The second kappa shape index (κ2) is 40.3. The first-order valence-corrected chi connectivity index (χ1v) is 19.6. The van der Waals surface area contributed by atoms with Gasteiger partial charge in [-0.05, 0) is 77.0 Å². The molecule has 0 aliphatic rings. The molecule has 2 N–H and O–H groups in total. The van der Waals surface area contributed by atoms with E-state index in [1.807, 2.05) is 19.4 Å². The lowest BCUT2D eigenvalue weighted by molar-refractivity contribution is 0.0411. The van der Waals surface area contributed by atoms with Gasteiger partial charge in [0.1, 0.15) is 0 Å². The molecule has 0 bridgehead atoms. The summed E-state index contributed by atoms with van der Waals surface area (Å²) in [6, 6.07) is 0. The van der Waals surface area contributed by atoms with Crippen molar-refractivity contribution in [1.82, 2.24) is 10.6 Å². The van der Waals surface area contributed by atoms with Gasteiger partial charge in [0, 0.05) is 26.0 Å². The second-order valence-corrected chi connectivity index (χ2v) is 12.8. The molecule has 0 radical (unpaired) electrons. The Bertz CT molecular complexity index is 645. The van der Waals surface area contributed by atoms with Crippen LogP contribution in [0.15, 0.2) is 61.0 Å². The van der Waals surface area contributed by atoms with Gasteiger partial charge in [-0.15, -0.1) is 0 Å². The Labute approximate surface area is 282 Å². The third-order valence-corrected chi connectivity index (χ3v) is 8.42. The number of nitrogens with one attached hydrogen (secondary N) is 2. The van der Waals surface area contributed by atoms with Crippen LogP contribution in [0.5, 0.6) is 0 Å². The van der Waals surface area contributed by atoms with Crippen molar-refractivity contribution in [2.75, 3.05) is 20.2 Å². The fourth-order valence-corrected chi connectivity index (χ4v) is 5.54. The van der Waals surface area contributed by atoms with Crippen molar-refractivity contribution in [1.29, 1.82) is 0 Å². The van der Waals surface area contributed by atoms with Gasteiger partial charge < -0.3 is 15.4 Å². The molecule has 0 spiro atoms. The van der Waals surface area contributed by atoms with E-state index in [2.05, 4.69) is 73.1 Å². The summed E-state index contributed by atoms with van der Waals surface area (Å²) in [5.74, 6) is 0. The lowest BCUT2D eigenvalue weighted by Crippen LogP contribution is -2.20. The van der Waals surface area contributed by atoms with Crippen molar-refractivity contribution < 1.29 is 4.74 Å². The summed E-state index contributed by atoms with van der Waals surface area (Å²) >= 11 is 0. The van der Waals surface area contributed by atoms with E-state index in [1.165, 1.54) is 154 Å². The van der Waals surface area contributed by atoms with Gasteiger partial charge in [0.15, 0.2) is 0 Å².